The first kappa shape index (κ1) is 24.9. The Morgan fingerprint density at radius 1 is 1.05 bits per heavy atom. The number of amides is 1. The van der Waals surface area contributed by atoms with Gasteiger partial charge in [0.2, 0.25) is 5.91 Å². The average Bonchev–Trinajstić information content (AvgIpc) is 3.35. The van der Waals surface area contributed by atoms with Gasteiger partial charge in [0.25, 0.3) is 5.56 Å². The molecule has 3 heterocycles. The molecule has 1 amide bonds. The molecule has 0 unspecified atom stereocenters. The fourth-order valence-corrected chi connectivity index (χ4v) is 4.11. The Morgan fingerprint density at radius 3 is 2.63 bits per heavy atom. The Morgan fingerprint density at radius 2 is 1.89 bits per heavy atom. The second-order valence-corrected chi connectivity index (χ2v) is 10.1. The molecule has 0 spiro atoms. The first-order valence-electron chi connectivity index (χ1n) is 12.2. The van der Waals surface area contributed by atoms with Crippen LogP contribution in [0, 0.1) is 6.92 Å². The fourth-order valence-electron chi connectivity index (χ4n) is 4.11. The van der Waals surface area contributed by atoms with Crippen molar-refractivity contribution in [3.63, 3.8) is 0 Å². The lowest BCUT2D eigenvalue weighted by Gasteiger charge is -2.18. The number of carbonyl (C=O) groups is 1. The highest BCUT2D eigenvalue weighted by atomic mass is 16.5. The molecule has 192 valence electrons. The van der Waals surface area contributed by atoms with Crippen LogP contribution in [-0.2, 0) is 16.8 Å². The zero-order valence-electron chi connectivity index (χ0n) is 21.6. The molecule has 38 heavy (non-hydrogen) atoms. The van der Waals surface area contributed by atoms with Crippen LogP contribution in [0.3, 0.4) is 0 Å². The number of fused-ring (bicyclic) bond motifs is 1. The van der Waals surface area contributed by atoms with Crippen LogP contribution in [0.25, 0.3) is 22.2 Å². The lowest BCUT2D eigenvalue weighted by atomic mass is 10.1. The van der Waals surface area contributed by atoms with Gasteiger partial charge in [0.15, 0.2) is 0 Å². The molecule has 9 heteroatoms. The smallest absolute Gasteiger partial charge is 0.274 e. The minimum absolute atomic E-state index is 0.122. The number of pyridine rings is 1. The van der Waals surface area contributed by atoms with E-state index in [9.17, 15) is 9.59 Å². The highest BCUT2D eigenvalue weighted by Crippen LogP contribution is 2.33. The van der Waals surface area contributed by atoms with Gasteiger partial charge in [0.1, 0.15) is 17.2 Å². The van der Waals surface area contributed by atoms with E-state index in [0.717, 1.165) is 22.0 Å². The molecule has 2 N–H and O–H groups in total. The highest BCUT2D eigenvalue weighted by Gasteiger charge is 2.16. The Balaban J connectivity index is 1.34. The van der Waals surface area contributed by atoms with Crippen molar-refractivity contribution in [3.05, 3.63) is 94.9 Å². The molecule has 5 rings (SSSR count). The standard InChI is InChI=1S/C29H28N6O3/c1-18-13-19(14-26(36)34-21-16-33-35(17-21)29(2,3)4)5-8-24(18)38-25-9-10-30-23-7-6-20(15-22(23)25)27-28(37)32-12-11-31-27/h5-13,15-17H,14H2,1-4H3,(H,32,37)(H,34,36). The molecule has 3 aromatic heterocycles. The van der Waals surface area contributed by atoms with Crippen molar-refractivity contribution in [1.29, 1.82) is 0 Å². The van der Waals surface area contributed by atoms with Crippen LogP contribution in [0.1, 0.15) is 31.9 Å². The SMILES string of the molecule is Cc1cc(CC(=O)Nc2cnn(C(C)(C)C)c2)ccc1Oc1ccnc2ccc(-c3ncc[nH]c3=O)cc12. The van der Waals surface area contributed by atoms with Gasteiger partial charge in [-0.05, 0) is 63.1 Å². The summed E-state index contributed by atoms with van der Waals surface area (Å²) in [5.74, 6) is 1.14. The molecule has 0 aliphatic heterocycles. The maximum Gasteiger partial charge on any atom is 0.274 e. The average molecular weight is 509 g/mol. The Kier molecular flexibility index (Phi) is 6.50. The predicted octanol–water partition coefficient (Wildman–Crippen LogP) is 5.22. The molecular weight excluding hydrogens is 480 g/mol. The highest BCUT2D eigenvalue weighted by molar-refractivity contribution is 5.92. The largest absolute Gasteiger partial charge is 0.456 e. The van der Waals surface area contributed by atoms with Crippen LogP contribution >= 0.6 is 0 Å². The topological polar surface area (TPSA) is 115 Å². The summed E-state index contributed by atoms with van der Waals surface area (Å²) in [6.45, 7) is 8.08. The van der Waals surface area contributed by atoms with E-state index in [1.165, 1.54) is 6.20 Å². The monoisotopic (exact) mass is 508 g/mol. The number of nitrogens with one attached hydrogen (secondary N) is 2. The van der Waals surface area contributed by atoms with Crippen molar-refractivity contribution in [1.82, 2.24) is 24.7 Å². The zero-order valence-corrected chi connectivity index (χ0v) is 21.6. The van der Waals surface area contributed by atoms with E-state index in [4.69, 9.17) is 4.74 Å². The van der Waals surface area contributed by atoms with Crippen molar-refractivity contribution in [2.45, 2.75) is 39.7 Å². The van der Waals surface area contributed by atoms with E-state index in [-0.39, 0.29) is 23.4 Å². The number of anilines is 1. The van der Waals surface area contributed by atoms with Crippen molar-refractivity contribution >= 4 is 22.5 Å². The molecule has 0 fully saturated rings. The van der Waals surface area contributed by atoms with Crippen LogP contribution < -0.4 is 15.6 Å². The van der Waals surface area contributed by atoms with Crippen molar-refractivity contribution in [2.75, 3.05) is 5.32 Å². The van der Waals surface area contributed by atoms with Crippen molar-refractivity contribution < 1.29 is 9.53 Å². The molecule has 2 aromatic carbocycles. The first-order chi connectivity index (χ1) is 18.2. The number of benzene rings is 2. The van der Waals surface area contributed by atoms with Gasteiger partial charge in [0, 0.05) is 35.7 Å². The summed E-state index contributed by atoms with van der Waals surface area (Å²) < 4.78 is 8.09. The third-order valence-electron chi connectivity index (χ3n) is 6.06. The quantitative estimate of drug-likeness (QED) is 0.325. The summed E-state index contributed by atoms with van der Waals surface area (Å²) in [6.07, 6.45) is 8.43. The number of H-pyrrole nitrogens is 1. The normalized spacial score (nSPS) is 11.5. The van der Waals surface area contributed by atoms with Crippen molar-refractivity contribution in [2.24, 2.45) is 0 Å². The molecule has 5 aromatic rings. The third kappa shape index (κ3) is 5.31. The molecule has 0 aliphatic carbocycles. The molecule has 0 radical (unpaired) electrons. The number of carbonyl (C=O) groups excluding carboxylic acids is 1. The number of aromatic amines is 1. The summed E-state index contributed by atoms with van der Waals surface area (Å²) in [7, 11) is 0. The summed E-state index contributed by atoms with van der Waals surface area (Å²) in [6, 6.07) is 13.0. The minimum atomic E-state index is -0.267. The Bertz CT molecular complexity index is 1700. The molecule has 0 saturated heterocycles. The van der Waals surface area contributed by atoms with Crippen LogP contribution in [0.4, 0.5) is 5.69 Å². The van der Waals surface area contributed by atoms with Gasteiger partial charge >= 0.3 is 0 Å². The fraction of sp³-hybridized carbons (Fsp3) is 0.207. The Hall–Kier alpha value is -4.79. The zero-order chi connectivity index (χ0) is 26.9. The number of nitrogens with zero attached hydrogens (tertiary/aromatic N) is 4. The van der Waals surface area contributed by atoms with Crippen LogP contribution in [0.15, 0.2) is 78.2 Å². The minimum Gasteiger partial charge on any atom is -0.456 e. The maximum absolute atomic E-state index is 12.6. The van der Waals surface area contributed by atoms with Crippen LogP contribution in [0.2, 0.25) is 0 Å². The van der Waals surface area contributed by atoms with Crippen molar-refractivity contribution in [3.8, 4) is 22.8 Å². The maximum atomic E-state index is 12.6. The van der Waals surface area contributed by atoms with Gasteiger partial charge in [-0.3, -0.25) is 19.3 Å². The van der Waals surface area contributed by atoms with E-state index in [2.05, 4.69) is 25.4 Å². The Labute approximate surface area is 219 Å². The summed E-state index contributed by atoms with van der Waals surface area (Å²) >= 11 is 0. The molecule has 0 aliphatic rings. The predicted molar refractivity (Wildman–Crippen MR) is 146 cm³/mol. The lowest BCUT2D eigenvalue weighted by molar-refractivity contribution is -0.115. The van der Waals surface area contributed by atoms with E-state index < -0.39 is 0 Å². The number of aryl methyl sites for hydroxylation is 1. The van der Waals surface area contributed by atoms with E-state index in [0.29, 0.717) is 28.4 Å². The number of rotatable bonds is 6. The lowest BCUT2D eigenvalue weighted by Crippen LogP contribution is -2.22. The molecule has 0 atom stereocenters. The van der Waals surface area contributed by atoms with Gasteiger partial charge in [-0.15, -0.1) is 0 Å². The van der Waals surface area contributed by atoms with Gasteiger partial charge < -0.3 is 15.0 Å². The van der Waals surface area contributed by atoms with Gasteiger partial charge in [-0.1, -0.05) is 18.2 Å². The summed E-state index contributed by atoms with van der Waals surface area (Å²) in [5.41, 5.74) is 3.73. The summed E-state index contributed by atoms with van der Waals surface area (Å²) in [5, 5.41) is 7.99. The van der Waals surface area contributed by atoms with Gasteiger partial charge in [0.05, 0.1) is 29.4 Å². The molecule has 9 nitrogen and oxygen atoms in total. The third-order valence-corrected chi connectivity index (χ3v) is 6.06. The van der Waals surface area contributed by atoms with Gasteiger partial charge in [-0.25, -0.2) is 4.98 Å². The second kappa shape index (κ2) is 9.93. The molecular formula is C29H28N6O3. The first-order valence-corrected chi connectivity index (χ1v) is 12.2. The molecule has 0 saturated carbocycles. The van der Waals surface area contributed by atoms with E-state index >= 15 is 0 Å². The van der Waals surface area contributed by atoms with Crippen LogP contribution in [0.5, 0.6) is 11.5 Å². The number of hydrogen-bond acceptors (Lipinski definition) is 6. The second-order valence-electron chi connectivity index (χ2n) is 10.1. The number of hydrogen-bond donors (Lipinski definition) is 2. The summed E-state index contributed by atoms with van der Waals surface area (Å²) in [4.78, 5) is 36.1. The number of aromatic nitrogens is 5. The number of ether oxygens (including phenoxy) is 1. The van der Waals surface area contributed by atoms with Crippen LogP contribution in [-0.4, -0.2) is 30.6 Å². The van der Waals surface area contributed by atoms with E-state index in [1.807, 2.05) is 75.0 Å². The van der Waals surface area contributed by atoms with Gasteiger partial charge in [-0.2, -0.15) is 5.10 Å². The molecule has 0 bridgehead atoms. The van der Waals surface area contributed by atoms with E-state index in [1.54, 1.807) is 24.7 Å².